The lowest BCUT2D eigenvalue weighted by Gasteiger charge is -2.31. The van der Waals surface area contributed by atoms with E-state index in [1.165, 1.54) is 12.8 Å². The molecule has 0 amide bonds. The van der Waals surface area contributed by atoms with E-state index in [9.17, 15) is 5.11 Å². The molecule has 0 bridgehead atoms. The Kier molecular flexibility index (Phi) is 3.22. The molecule has 106 valence electrons. The summed E-state index contributed by atoms with van der Waals surface area (Å²) in [7, 11) is 0. The van der Waals surface area contributed by atoms with Crippen LogP contribution in [0.2, 0.25) is 0 Å². The quantitative estimate of drug-likeness (QED) is 0.847. The summed E-state index contributed by atoms with van der Waals surface area (Å²) in [5, 5.41) is 17.3. The number of aliphatic hydroxyl groups is 1. The van der Waals surface area contributed by atoms with Gasteiger partial charge in [0.15, 0.2) is 0 Å². The molecule has 1 aromatic rings. The highest BCUT2D eigenvalue weighted by molar-refractivity contribution is 5.26. The van der Waals surface area contributed by atoms with Gasteiger partial charge in [0, 0.05) is 25.2 Å². The van der Waals surface area contributed by atoms with Crippen molar-refractivity contribution >= 4 is 6.01 Å². The van der Waals surface area contributed by atoms with E-state index in [4.69, 9.17) is 4.52 Å². The Hall–Kier alpha value is -1.14. The fourth-order valence-corrected chi connectivity index (χ4v) is 2.41. The number of hydrogen-bond donors (Lipinski definition) is 2. The van der Waals surface area contributed by atoms with Gasteiger partial charge in [-0.15, -0.1) is 0 Å². The molecule has 1 saturated heterocycles. The lowest BCUT2D eigenvalue weighted by molar-refractivity contribution is 0.0661. The van der Waals surface area contributed by atoms with Crippen molar-refractivity contribution in [3.63, 3.8) is 0 Å². The molecule has 2 N–H and O–H groups in total. The van der Waals surface area contributed by atoms with E-state index in [-0.39, 0.29) is 0 Å². The molecule has 1 saturated carbocycles. The van der Waals surface area contributed by atoms with Gasteiger partial charge in [-0.2, -0.15) is 4.98 Å². The number of piperidine rings is 1. The normalized spacial score (nSPS) is 21.9. The third-order valence-electron chi connectivity index (χ3n) is 3.78. The number of anilines is 1. The number of hydrogen-bond acceptors (Lipinski definition) is 6. The lowest BCUT2D eigenvalue weighted by Crippen LogP contribution is -2.43. The van der Waals surface area contributed by atoms with Crippen molar-refractivity contribution in [3.05, 3.63) is 5.82 Å². The molecule has 2 fully saturated rings. The van der Waals surface area contributed by atoms with Crippen LogP contribution < -0.4 is 10.2 Å². The number of nitrogens with zero attached hydrogens (tertiary/aromatic N) is 3. The molecular formula is C13H22N4O2. The summed E-state index contributed by atoms with van der Waals surface area (Å²) < 4.78 is 5.24. The summed E-state index contributed by atoms with van der Waals surface area (Å²) in [6.45, 7) is 5.18. The fourth-order valence-electron chi connectivity index (χ4n) is 2.41. The van der Waals surface area contributed by atoms with Gasteiger partial charge in [0.25, 0.3) is 0 Å². The van der Waals surface area contributed by atoms with Crippen LogP contribution in [-0.4, -0.2) is 40.4 Å². The highest BCUT2D eigenvalue weighted by Crippen LogP contribution is 2.25. The maximum atomic E-state index is 9.84. The summed E-state index contributed by atoms with van der Waals surface area (Å²) in [6.07, 6.45) is 4.88. The highest BCUT2D eigenvalue weighted by atomic mass is 16.5. The van der Waals surface area contributed by atoms with Crippen molar-refractivity contribution in [1.82, 2.24) is 15.5 Å². The predicted molar refractivity (Wildman–Crippen MR) is 70.9 cm³/mol. The Labute approximate surface area is 113 Å². The first-order valence-electron chi connectivity index (χ1n) is 7.10. The minimum absolute atomic E-state index is 0.348. The predicted octanol–water partition coefficient (Wildman–Crippen LogP) is 1.02. The van der Waals surface area contributed by atoms with Crippen molar-refractivity contribution in [2.24, 2.45) is 0 Å². The van der Waals surface area contributed by atoms with Gasteiger partial charge in [-0.1, -0.05) is 5.16 Å². The van der Waals surface area contributed by atoms with E-state index in [1.54, 1.807) is 13.8 Å². The maximum Gasteiger partial charge on any atom is 0.324 e. The van der Waals surface area contributed by atoms with Crippen LogP contribution in [0.25, 0.3) is 0 Å². The molecular weight excluding hydrogens is 244 g/mol. The third-order valence-corrected chi connectivity index (χ3v) is 3.78. The maximum absolute atomic E-state index is 9.84. The van der Waals surface area contributed by atoms with Gasteiger partial charge in [-0.25, -0.2) is 0 Å². The van der Waals surface area contributed by atoms with Gasteiger partial charge in [0.2, 0.25) is 5.82 Å². The summed E-state index contributed by atoms with van der Waals surface area (Å²) in [6, 6.07) is 1.92. The summed E-state index contributed by atoms with van der Waals surface area (Å²) in [5.74, 6) is 0.348. The third kappa shape index (κ3) is 3.06. The summed E-state index contributed by atoms with van der Waals surface area (Å²) >= 11 is 0. The Morgan fingerprint density at radius 1 is 1.21 bits per heavy atom. The van der Waals surface area contributed by atoms with Gasteiger partial charge in [0.05, 0.1) is 0 Å². The molecule has 19 heavy (non-hydrogen) atoms. The van der Waals surface area contributed by atoms with Crippen LogP contribution in [0.3, 0.4) is 0 Å². The SMILES string of the molecule is CC(C)(O)c1noc(N2CCC(NC3CC3)CC2)n1. The molecule has 3 rings (SSSR count). The number of rotatable bonds is 4. The second kappa shape index (κ2) is 4.76. The molecule has 0 atom stereocenters. The zero-order valence-electron chi connectivity index (χ0n) is 11.6. The van der Waals surface area contributed by atoms with Crippen LogP contribution in [0.1, 0.15) is 45.4 Å². The molecule has 0 unspecified atom stereocenters. The van der Waals surface area contributed by atoms with Gasteiger partial charge in [-0.3, -0.25) is 0 Å². The van der Waals surface area contributed by atoms with E-state index in [1.807, 2.05) is 0 Å². The average Bonchev–Trinajstić information content (AvgIpc) is 3.02. The molecule has 0 aromatic carbocycles. The van der Waals surface area contributed by atoms with Crippen molar-refractivity contribution in [3.8, 4) is 0 Å². The fraction of sp³-hybridized carbons (Fsp3) is 0.846. The molecule has 1 aromatic heterocycles. The van der Waals surface area contributed by atoms with E-state index in [0.29, 0.717) is 17.9 Å². The minimum Gasteiger partial charge on any atom is -0.382 e. The van der Waals surface area contributed by atoms with Gasteiger partial charge < -0.3 is 19.8 Å². The molecule has 6 heteroatoms. The average molecular weight is 266 g/mol. The van der Waals surface area contributed by atoms with Gasteiger partial charge >= 0.3 is 6.01 Å². The zero-order valence-corrected chi connectivity index (χ0v) is 11.6. The van der Waals surface area contributed by atoms with E-state index in [0.717, 1.165) is 32.0 Å². The molecule has 2 heterocycles. The van der Waals surface area contributed by atoms with Crippen molar-refractivity contribution in [2.45, 2.75) is 57.2 Å². The molecule has 0 spiro atoms. The molecule has 2 aliphatic rings. The smallest absolute Gasteiger partial charge is 0.324 e. The second-order valence-corrected chi connectivity index (χ2v) is 6.16. The molecule has 1 aliphatic carbocycles. The topological polar surface area (TPSA) is 74.4 Å². The van der Waals surface area contributed by atoms with Crippen LogP contribution in [0.15, 0.2) is 4.52 Å². The Bertz CT molecular complexity index is 428. The van der Waals surface area contributed by atoms with Crippen molar-refractivity contribution in [2.75, 3.05) is 18.0 Å². The van der Waals surface area contributed by atoms with E-state index < -0.39 is 5.60 Å². The monoisotopic (exact) mass is 266 g/mol. The second-order valence-electron chi connectivity index (χ2n) is 6.16. The van der Waals surface area contributed by atoms with Gasteiger partial charge in [0.1, 0.15) is 5.60 Å². The Morgan fingerprint density at radius 2 is 1.84 bits per heavy atom. The van der Waals surface area contributed by atoms with Gasteiger partial charge in [-0.05, 0) is 39.5 Å². The van der Waals surface area contributed by atoms with Crippen LogP contribution in [0.4, 0.5) is 6.01 Å². The summed E-state index contributed by atoms with van der Waals surface area (Å²) in [4.78, 5) is 6.39. The van der Waals surface area contributed by atoms with Crippen molar-refractivity contribution in [1.29, 1.82) is 0 Å². The first-order chi connectivity index (χ1) is 9.02. The minimum atomic E-state index is -1.05. The van der Waals surface area contributed by atoms with E-state index >= 15 is 0 Å². The summed E-state index contributed by atoms with van der Waals surface area (Å²) in [5.41, 5.74) is -1.05. The van der Waals surface area contributed by atoms with Crippen molar-refractivity contribution < 1.29 is 9.63 Å². The molecule has 1 aliphatic heterocycles. The number of nitrogens with one attached hydrogen (secondary N) is 1. The largest absolute Gasteiger partial charge is 0.382 e. The zero-order chi connectivity index (χ0) is 13.5. The standard InChI is InChI=1S/C13H22N4O2/c1-13(2,18)11-15-12(19-16-11)17-7-5-10(6-8-17)14-9-3-4-9/h9-10,14,18H,3-8H2,1-2H3. The molecule has 6 nitrogen and oxygen atoms in total. The Morgan fingerprint density at radius 3 is 2.37 bits per heavy atom. The van der Waals surface area contributed by atoms with Crippen LogP contribution in [-0.2, 0) is 5.60 Å². The molecule has 0 radical (unpaired) electrons. The first-order valence-corrected chi connectivity index (χ1v) is 7.10. The van der Waals surface area contributed by atoms with Crippen LogP contribution in [0.5, 0.6) is 0 Å². The van der Waals surface area contributed by atoms with E-state index in [2.05, 4.69) is 20.4 Å². The van der Waals surface area contributed by atoms with Crippen LogP contribution >= 0.6 is 0 Å². The first kappa shape index (κ1) is 12.9. The lowest BCUT2D eigenvalue weighted by atomic mass is 10.1. The Balaban J connectivity index is 1.57. The highest BCUT2D eigenvalue weighted by Gasteiger charge is 2.30. The van der Waals surface area contributed by atoms with Crippen LogP contribution in [0, 0.1) is 0 Å². The number of aromatic nitrogens is 2.